The Morgan fingerprint density at radius 2 is 1.88 bits per heavy atom. The summed E-state index contributed by atoms with van der Waals surface area (Å²) in [6, 6.07) is 16.6. The number of nitro groups is 1. The first-order chi connectivity index (χ1) is 12.1. The van der Waals surface area contributed by atoms with Gasteiger partial charge < -0.3 is 4.98 Å². The van der Waals surface area contributed by atoms with Gasteiger partial charge in [0.15, 0.2) is 0 Å². The van der Waals surface area contributed by atoms with Gasteiger partial charge in [-0.25, -0.2) is 0 Å². The first-order valence-corrected chi connectivity index (χ1v) is 7.41. The Morgan fingerprint density at radius 1 is 1.08 bits per heavy atom. The summed E-state index contributed by atoms with van der Waals surface area (Å²) in [5.41, 5.74) is 1.67. The molecule has 0 atom stereocenters. The van der Waals surface area contributed by atoms with E-state index in [0.717, 1.165) is 10.9 Å². The molecule has 0 radical (unpaired) electrons. The molecule has 25 heavy (non-hydrogen) atoms. The predicted octanol–water partition coefficient (Wildman–Crippen LogP) is 3.25. The Morgan fingerprint density at radius 3 is 2.64 bits per heavy atom. The minimum absolute atomic E-state index is 0.0365. The molecule has 0 unspecified atom stereocenters. The standard InChI is InChI=1S/C18H10N4O3/c19-10-11-8-16-17(14-6-1-2-7-15(14)20-16)21(18(11)23)12-4-3-5-13(9-12)22(24)25/h1-9,20H. The summed E-state index contributed by atoms with van der Waals surface area (Å²) in [7, 11) is 0. The average Bonchev–Trinajstić information content (AvgIpc) is 2.99. The summed E-state index contributed by atoms with van der Waals surface area (Å²) in [5.74, 6) is 0. The molecule has 2 aromatic carbocycles. The molecule has 0 bridgehead atoms. The lowest BCUT2D eigenvalue weighted by atomic mass is 10.2. The number of hydrogen-bond acceptors (Lipinski definition) is 4. The van der Waals surface area contributed by atoms with Crippen molar-refractivity contribution in [1.82, 2.24) is 9.55 Å². The number of benzene rings is 2. The Kier molecular flexibility index (Phi) is 3.12. The van der Waals surface area contributed by atoms with E-state index >= 15 is 0 Å². The highest BCUT2D eigenvalue weighted by Gasteiger charge is 2.17. The minimum Gasteiger partial charge on any atom is -0.353 e. The second-order valence-electron chi connectivity index (χ2n) is 5.52. The van der Waals surface area contributed by atoms with Crippen molar-refractivity contribution in [2.75, 3.05) is 0 Å². The first kappa shape index (κ1) is 14.7. The molecule has 0 spiro atoms. The fraction of sp³-hybridized carbons (Fsp3) is 0. The van der Waals surface area contributed by atoms with Crippen LogP contribution in [0.5, 0.6) is 0 Å². The number of nitro benzene ring substituents is 1. The predicted molar refractivity (Wildman–Crippen MR) is 92.8 cm³/mol. The van der Waals surface area contributed by atoms with Gasteiger partial charge in [0.25, 0.3) is 11.2 Å². The topological polar surface area (TPSA) is 105 Å². The minimum atomic E-state index is -0.519. The molecule has 4 rings (SSSR count). The Labute approximate surface area is 140 Å². The fourth-order valence-corrected chi connectivity index (χ4v) is 2.99. The lowest BCUT2D eigenvalue weighted by Gasteiger charge is -2.09. The van der Waals surface area contributed by atoms with Crippen molar-refractivity contribution < 1.29 is 4.92 Å². The van der Waals surface area contributed by atoms with Crippen LogP contribution in [0, 0.1) is 21.4 Å². The summed E-state index contributed by atoms with van der Waals surface area (Å²) < 4.78 is 1.35. The molecule has 2 heterocycles. The Bertz CT molecular complexity index is 1260. The van der Waals surface area contributed by atoms with Gasteiger partial charge in [-0.05, 0) is 18.2 Å². The van der Waals surface area contributed by atoms with Crippen molar-refractivity contribution in [2.24, 2.45) is 0 Å². The molecule has 0 aliphatic rings. The molecule has 2 aromatic heterocycles. The zero-order chi connectivity index (χ0) is 17.6. The number of pyridine rings is 1. The van der Waals surface area contributed by atoms with E-state index in [1.807, 2.05) is 30.3 Å². The number of aromatic amines is 1. The number of aromatic nitrogens is 2. The molecule has 7 nitrogen and oxygen atoms in total. The third-order valence-electron chi connectivity index (χ3n) is 4.07. The van der Waals surface area contributed by atoms with Crippen LogP contribution in [0.4, 0.5) is 5.69 Å². The van der Waals surface area contributed by atoms with Crippen LogP contribution >= 0.6 is 0 Å². The number of nitrogens with zero attached hydrogens (tertiary/aromatic N) is 3. The zero-order valence-electron chi connectivity index (χ0n) is 12.8. The number of fused-ring (bicyclic) bond motifs is 3. The molecular weight excluding hydrogens is 320 g/mol. The van der Waals surface area contributed by atoms with Crippen molar-refractivity contribution in [1.29, 1.82) is 5.26 Å². The quantitative estimate of drug-likeness (QED) is 0.450. The van der Waals surface area contributed by atoms with Crippen molar-refractivity contribution in [3.8, 4) is 11.8 Å². The second-order valence-corrected chi connectivity index (χ2v) is 5.52. The number of nitrogens with one attached hydrogen (secondary N) is 1. The first-order valence-electron chi connectivity index (χ1n) is 7.41. The molecule has 1 N–H and O–H groups in total. The molecule has 0 amide bonds. The van der Waals surface area contributed by atoms with Crippen LogP contribution in [0.1, 0.15) is 5.56 Å². The molecule has 0 fully saturated rings. The Hall–Kier alpha value is -3.92. The van der Waals surface area contributed by atoms with Gasteiger partial charge in [-0.15, -0.1) is 0 Å². The van der Waals surface area contributed by atoms with E-state index in [0.29, 0.717) is 16.7 Å². The molecular formula is C18H10N4O3. The normalized spacial score (nSPS) is 10.8. The molecule has 7 heteroatoms. The summed E-state index contributed by atoms with van der Waals surface area (Å²) >= 11 is 0. The van der Waals surface area contributed by atoms with Gasteiger partial charge in [0.05, 0.1) is 21.6 Å². The van der Waals surface area contributed by atoms with Crippen LogP contribution in [0.25, 0.3) is 27.6 Å². The molecule has 0 saturated heterocycles. The smallest absolute Gasteiger partial charge is 0.273 e. The highest BCUT2D eigenvalue weighted by Crippen LogP contribution is 2.27. The van der Waals surface area contributed by atoms with E-state index in [2.05, 4.69) is 4.98 Å². The monoisotopic (exact) mass is 330 g/mol. The highest BCUT2D eigenvalue weighted by molar-refractivity contribution is 6.06. The number of rotatable bonds is 2. The number of non-ortho nitro benzene ring substituents is 1. The molecule has 0 saturated carbocycles. The van der Waals surface area contributed by atoms with Gasteiger partial charge >= 0.3 is 0 Å². The third-order valence-corrected chi connectivity index (χ3v) is 4.07. The highest BCUT2D eigenvalue weighted by atomic mass is 16.6. The summed E-state index contributed by atoms with van der Waals surface area (Å²) in [6.45, 7) is 0. The molecule has 4 aromatic rings. The molecule has 120 valence electrons. The van der Waals surface area contributed by atoms with Crippen molar-refractivity contribution in [3.05, 3.63) is 80.6 Å². The van der Waals surface area contributed by atoms with Gasteiger partial charge in [0.2, 0.25) is 0 Å². The summed E-state index contributed by atoms with van der Waals surface area (Å²) in [6.07, 6.45) is 0. The van der Waals surface area contributed by atoms with Crippen LogP contribution in [0.15, 0.2) is 59.4 Å². The second kappa shape index (κ2) is 5.32. The van der Waals surface area contributed by atoms with Gasteiger partial charge in [-0.1, -0.05) is 24.3 Å². The van der Waals surface area contributed by atoms with Crippen molar-refractivity contribution in [2.45, 2.75) is 0 Å². The van der Waals surface area contributed by atoms with Crippen LogP contribution in [0.2, 0.25) is 0 Å². The SMILES string of the molecule is N#Cc1cc2[nH]c3ccccc3c2n(-c2cccc([N+](=O)[O-])c2)c1=O. The average molecular weight is 330 g/mol. The van der Waals surface area contributed by atoms with E-state index in [9.17, 15) is 20.2 Å². The van der Waals surface area contributed by atoms with Crippen LogP contribution in [-0.2, 0) is 0 Å². The molecule has 0 aliphatic carbocycles. The van der Waals surface area contributed by atoms with Gasteiger partial charge in [0.1, 0.15) is 11.6 Å². The van der Waals surface area contributed by atoms with E-state index in [4.69, 9.17) is 0 Å². The Balaban J connectivity index is 2.20. The number of para-hydroxylation sites is 1. The van der Waals surface area contributed by atoms with Gasteiger partial charge in [0, 0.05) is 23.0 Å². The van der Waals surface area contributed by atoms with Crippen LogP contribution in [0.3, 0.4) is 0 Å². The fourth-order valence-electron chi connectivity index (χ4n) is 2.99. The van der Waals surface area contributed by atoms with E-state index < -0.39 is 10.5 Å². The van der Waals surface area contributed by atoms with Crippen LogP contribution < -0.4 is 5.56 Å². The van der Waals surface area contributed by atoms with E-state index in [1.54, 1.807) is 6.07 Å². The van der Waals surface area contributed by atoms with Gasteiger partial charge in [-0.2, -0.15) is 5.26 Å². The number of H-pyrrole nitrogens is 1. The maximum absolute atomic E-state index is 12.8. The van der Waals surface area contributed by atoms with E-state index in [-0.39, 0.29) is 11.3 Å². The largest absolute Gasteiger partial charge is 0.353 e. The van der Waals surface area contributed by atoms with Crippen LogP contribution in [-0.4, -0.2) is 14.5 Å². The number of nitriles is 1. The number of hydrogen-bond donors (Lipinski definition) is 1. The third kappa shape index (κ3) is 2.16. The summed E-state index contributed by atoms with van der Waals surface area (Å²) in [5, 5.41) is 21.2. The summed E-state index contributed by atoms with van der Waals surface area (Å²) in [4.78, 5) is 26.5. The zero-order valence-corrected chi connectivity index (χ0v) is 12.8. The van der Waals surface area contributed by atoms with Crippen molar-refractivity contribution in [3.63, 3.8) is 0 Å². The van der Waals surface area contributed by atoms with Crippen molar-refractivity contribution >= 4 is 27.6 Å². The van der Waals surface area contributed by atoms with Gasteiger partial charge in [-0.3, -0.25) is 19.5 Å². The van der Waals surface area contributed by atoms with E-state index in [1.165, 1.54) is 28.8 Å². The maximum Gasteiger partial charge on any atom is 0.273 e. The lowest BCUT2D eigenvalue weighted by Crippen LogP contribution is -2.21. The maximum atomic E-state index is 12.8. The molecule has 0 aliphatic heterocycles. The lowest BCUT2D eigenvalue weighted by molar-refractivity contribution is -0.384.